The third-order valence-electron chi connectivity index (χ3n) is 5.68. The molecule has 25 heavy (non-hydrogen) atoms. The SMILES string of the molecule is Cc1ccccc1Cn1ccnc1CN(CC1CC1)C(=O)C1CCC1. The molecule has 0 radical (unpaired) electrons. The average molecular weight is 337 g/mol. The van der Waals surface area contributed by atoms with Gasteiger partial charge in [-0.3, -0.25) is 4.79 Å². The molecule has 0 saturated heterocycles. The van der Waals surface area contributed by atoms with Gasteiger partial charge in [-0.25, -0.2) is 4.98 Å². The minimum Gasteiger partial charge on any atom is -0.335 e. The highest BCUT2D eigenvalue weighted by Crippen LogP contribution is 2.33. The predicted octanol–water partition coefficient (Wildman–Crippen LogP) is 3.78. The van der Waals surface area contributed by atoms with Crippen LogP contribution in [0.5, 0.6) is 0 Å². The maximum absolute atomic E-state index is 12.8. The van der Waals surface area contributed by atoms with Crippen LogP contribution in [0.1, 0.15) is 49.1 Å². The van der Waals surface area contributed by atoms with E-state index in [1.807, 2.05) is 12.4 Å². The fourth-order valence-electron chi connectivity index (χ4n) is 3.54. The smallest absolute Gasteiger partial charge is 0.226 e. The summed E-state index contributed by atoms with van der Waals surface area (Å²) in [6.45, 7) is 4.51. The van der Waals surface area contributed by atoms with Crippen LogP contribution in [0.2, 0.25) is 0 Å². The predicted molar refractivity (Wildman–Crippen MR) is 98.0 cm³/mol. The Morgan fingerprint density at radius 1 is 1.24 bits per heavy atom. The maximum Gasteiger partial charge on any atom is 0.226 e. The van der Waals surface area contributed by atoms with Crippen molar-refractivity contribution in [2.45, 2.75) is 52.1 Å². The summed E-state index contributed by atoms with van der Waals surface area (Å²) in [5.74, 6) is 2.32. The molecule has 0 atom stereocenters. The first-order valence-corrected chi connectivity index (χ1v) is 9.54. The molecule has 2 aromatic rings. The van der Waals surface area contributed by atoms with E-state index < -0.39 is 0 Å². The molecule has 0 N–H and O–H groups in total. The highest BCUT2D eigenvalue weighted by atomic mass is 16.2. The third kappa shape index (κ3) is 3.78. The van der Waals surface area contributed by atoms with Gasteiger partial charge < -0.3 is 9.47 Å². The Kier molecular flexibility index (Phi) is 4.60. The van der Waals surface area contributed by atoms with Gasteiger partial charge in [0.05, 0.1) is 6.54 Å². The van der Waals surface area contributed by atoms with Crippen LogP contribution in [-0.2, 0) is 17.9 Å². The second kappa shape index (κ2) is 7.03. The summed E-state index contributed by atoms with van der Waals surface area (Å²) in [5, 5.41) is 0. The van der Waals surface area contributed by atoms with Gasteiger partial charge in [-0.05, 0) is 49.7 Å². The van der Waals surface area contributed by atoms with Crippen molar-refractivity contribution in [1.82, 2.24) is 14.5 Å². The molecule has 0 bridgehead atoms. The molecule has 4 heteroatoms. The first-order valence-electron chi connectivity index (χ1n) is 9.54. The number of carbonyl (C=O) groups excluding carboxylic acids is 1. The molecule has 1 amide bonds. The quantitative estimate of drug-likeness (QED) is 0.771. The monoisotopic (exact) mass is 337 g/mol. The summed E-state index contributed by atoms with van der Waals surface area (Å²) in [7, 11) is 0. The van der Waals surface area contributed by atoms with Gasteiger partial charge in [0.25, 0.3) is 0 Å². The van der Waals surface area contributed by atoms with E-state index in [9.17, 15) is 4.79 Å². The molecule has 1 aromatic carbocycles. The molecule has 2 aliphatic carbocycles. The van der Waals surface area contributed by atoms with Gasteiger partial charge >= 0.3 is 0 Å². The van der Waals surface area contributed by atoms with Gasteiger partial charge in [-0.1, -0.05) is 30.7 Å². The van der Waals surface area contributed by atoms with E-state index in [4.69, 9.17) is 0 Å². The lowest BCUT2D eigenvalue weighted by molar-refractivity contribution is -0.139. The molecule has 0 aliphatic heterocycles. The first kappa shape index (κ1) is 16.4. The summed E-state index contributed by atoms with van der Waals surface area (Å²) in [5.41, 5.74) is 2.60. The largest absolute Gasteiger partial charge is 0.335 e. The van der Waals surface area contributed by atoms with Crippen LogP contribution in [-0.4, -0.2) is 26.9 Å². The highest BCUT2D eigenvalue weighted by Gasteiger charge is 2.33. The lowest BCUT2D eigenvalue weighted by Crippen LogP contribution is -2.40. The van der Waals surface area contributed by atoms with E-state index in [0.29, 0.717) is 18.4 Å². The topological polar surface area (TPSA) is 38.1 Å². The van der Waals surface area contributed by atoms with Crippen LogP contribution in [0.3, 0.4) is 0 Å². The molecular formula is C21H27N3O. The summed E-state index contributed by atoms with van der Waals surface area (Å²) < 4.78 is 2.19. The van der Waals surface area contributed by atoms with Crippen molar-refractivity contribution in [2.24, 2.45) is 11.8 Å². The zero-order chi connectivity index (χ0) is 17.2. The zero-order valence-corrected chi connectivity index (χ0v) is 15.0. The van der Waals surface area contributed by atoms with E-state index in [2.05, 4.69) is 45.6 Å². The molecule has 0 spiro atoms. The standard InChI is InChI=1S/C21H27N3O/c1-16-5-2-3-6-19(16)14-23-12-11-22-20(23)15-24(13-17-9-10-17)21(25)18-7-4-8-18/h2-3,5-6,11-12,17-18H,4,7-10,13-15H2,1H3. The molecular weight excluding hydrogens is 310 g/mol. The van der Waals surface area contributed by atoms with Crippen LogP contribution < -0.4 is 0 Å². The summed E-state index contributed by atoms with van der Waals surface area (Å²) in [4.78, 5) is 19.5. The Hall–Kier alpha value is -2.10. The van der Waals surface area contributed by atoms with E-state index in [-0.39, 0.29) is 5.92 Å². The molecule has 132 valence electrons. The molecule has 2 fully saturated rings. The Morgan fingerprint density at radius 3 is 2.72 bits per heavy atom. The first-order chi connectivity index (χ1) is 12.2. The summed E-state index contributed by atoms with van der Waals surface area (Å²) >= 11 is 0. The molecule has 4 rings (SSSR count). The number of imidazole rings is 1. The van der Waals surface area contributed by atoms with Crippen molar-refractivity contribution < 1.29 is 4.79 Å². The Morgan fingerprint density at radius 2 is 2.04 bits per heavy atom. The Balaban J connectivity index is 1.49. The van der Waals surface area contributed by atoms with Crippen molar-refractivity contribution in [1.29, 1.82) is 0 Å². The van der Waals surface area contributed by atoms with E-state index in [1.165, 1.54) is 30.4 Å². The van der Waals surface area contributed by atoms with Gasteiger partial charge in [-0.2, -0.15) is 0 Å². The van der Waals surface area contributed by atoms with Crippen LogP contribution in [0.25, 0.3) is 0 Å². The summed E-state index contributed by atoms with van der Waals surface area (Å²) in [6, 6.07) is 8.47. The van der Waals surface area contributed by atoms with Gasteiger partial charge in [-0.15, -0.1) is 0 Å². The van der Waals surface area contributed by atoms with Crippen LogP contribution >= 0.6 is 0 Å². The molecule has 1 aromatic heterocycles. The number of hydrogen-bond acceptors (Lipinski definition) is 2. The number of amides is 1. The number of aryl methyl sites for hydroxylation is 1. The number of aromatic nitrogens is 2. The molecule has 4 nitrogen and oxygen atoms in total. The van der Waals surface area contributed by atoms with Gasteiger partial charge in [0.15, 0.2) is 0 Å². The van der Waals surface area contributed by atoms with Crippen LogP contribution in [0.15, 0.2) is 36.7 Å². The fourth-order valence-corrected chi connectivity index (χ4v) is 3.54. The minimum atomic E-state index is 0.263. The number of benzene rings is 1. The van der Waals surface area contributed by atoms with E-state index in [1.54, 1.807) is 0 Å². The number of nitrogens with zero attached hydrogens (tertiary/aromatic N) is 3. The third-order valence-corrected chi connectivity index (χ3v) is 5.68. The molecule has 1 heterocycles. The van der Waals surface area contributed by atoms with Gasteiger partial charge in [0.2, 0.25) is 5.91 Å². The lowest BCUT2D eigenvalue weighted by Gasteiger charge is -2.31. The molecule has 2 saturated carbocycles. The van der Waals surface area contributed by atoms with E-state index >= 15 is 0 Å². The van der Waals surface area contributed by atoms with Gasteiger partial charge in [0, 0.05) is 31.4 Å². The second-order valence-corrected chi connectivity index (χ2v) is 7.69. The molecule has 2 aliphatic rings. The Labute approximate surface area is 149 Å². The number of hydrogen-bond donors (Lipinski definition) is 0. The van der Waals surface area contributed by atoms with E-state index in [0.717, 1.165) is 31.8 Å². The number of carbonyl (C=O) groups is 1. The van der Waals surface area contributed by atoms with Crippen LogP contribution in [0, 0.1) is 18.8 Å². The van der Waals surface area contributed by atoms with Gasteiger partial charge in [0.1, 0.15) is 5.82 Å². The van der Waals surface area contributed by atoms with Crippen molar-refractivity contribution in [2.75, 3.05) is 6.54 Å². The van der Waals surface area contributed by atoms with Crippen molar-refractivity contribution in [3.8, 4) is 0 Å². The highest BCUT2D eigenvalue weighted by molar-refractivity contribution is 5.79. The van der Waals surface area contributed by atoms with Crippen molar-refractivity contribution in [3.63, 3.8) is 0 Å². The van der Waals surface area contributed by atoms with Crippen molar-refractivity contribution >= 4 is 5.91 Å². The lowest BCUT2D eigenvalue weighted by atomic mass is 9.84. The number of rotatable bonds is 7. The summed E-state index contributed by atoms with van der Waals surface area (Å²) in [6.07, 6.45) is 9.77. The average Bonchev–Trinajstić information content (AvgIpc) is 3.26. The Bertz CT molecular complexity index is 743. The zero-order valence-electron chi connectivity index (χ0n) is 15.0. The minimum absolute atomic E-state index is 0.263. The van der Waals surface area contributed by atoms with Crippen molar-refractivity contribution in [3.05, 3.63) is 53.6 Å². The van der Waals surface area contributed by atoms with Crippen LogP contribution in [0.4, 0.5) is 0 Å². The second-order valence-electron chi connectivity index (χ2n) is 7.69. The molecule has 0 unspecified atom stereocenters. The maximum atomic E-state index is 12.8. The fraction of sp³-hybridized carbons (Fsp3) is 0.524. The normalized spacial score (nSPS) is 17.3.